The van der Waals surface area contributed by atoms with E-state index in [0.29, 0.717) is 6.61 Å². The Bertz CT molecular complexity index is 411. The standard InChI is InChI=1S/C3H7NO2.4C3H4O2/c1-2-6-3(4)5;4*1-2-3(4)5/h2H2,1H3,(H2,4,5);4*2H,1H2,(H,4,5). The Hall–Kier alpha value is -3.89. The first-order valence-corrected chi connectivity index (χ1v) is 6.19. The van der Waals surface area contributed by atoms with Gasteiger partial charge in [-0.3, -0.25) is 0 Å². The molecule has 0 aliphatic heterocycles. The van der Waals surface area contributed by atoms with E-state index in [9.17, 15) is 24.0 Å². The minimum Gasteiger partial charge on any atom is -0.478 e. The second-order valence-electron chi connectivity index (χ2n) is 2.92. The molecule has 0 aliphatic rings. The third-order valence-electron chi connectivity index (χ3n) is 0.985. The van der Waals surface area contributed by atoms with Crippen LogP contribution in [-0.2, 0) is 23.9 Å². The molecule has 0 aliphatic carbocycles. The van der Waals surface area contributed by atoms with Gasteiger partial charge < -0.3 is 30.9 Å². The number of rotatable bonds is 5. The number of carbonyl (C=O) groups is 5. The van der Waals surface area contributed by atoms with Crippen molar-refractivity contribution in [3.63, 3.8) is 0 Å². The second-order valence-corrected chi connectivity index (χ2v) is 2.92. The fourth-order valence-electron chi connectivity index (χ4n) is 0.142. The van der Waals surface area contributed by atoms with Crippen LogP contribution in [0, 0.1) is 0 Å². The van der Waals surface area contributed by atoms with Crippen molar-refractivity contribution in [3.8, 4) is 0 Å². The highest BCUT2D eigenvalue weighted by Gasteiger charge is 1.82. The highest BCUT2D eigenvalue weighted by atomic mass is 16.5. The van der Waals surface area contributed by atoms with Gasteiger partial charge in [-0.25, -0.2) is 24.0 Å². The number of carboxylic acids is 4. The minimum atomic E-state index is -0.981. The van der Waals surface area contributed by atoms with E-state index in [1.165, 1.54) is 0 Å². The molecule has 0 aromatic carbocycles. The number of aliphatic carboxylic acids is 4. The van der Waals surface area contributed by atoms with Gasteiger partial charge in [0.25, 0.3) is 0 Å². The molecule has 11 nitrogen and oxygen atoms in total. The summed E-state index contributed by atoms with van der Waals surface area (Å²) in [4.78, 5) is 46.6. The van der Waals surface area contributed by atoms with Crippen LogP contribution in [0.5, 0.6) is 0 Å². The van der Waals surface area contributed by atoms with Crippen LogP contribution in [-0.4, -0.2) is 57.0 Å². The van der Waals surface area contributed by atoms with Gasteiger partial charge in [0, 0.05) is 24.3 Å². The Kier molecular flexibility index (Phi) is 37.7. The zero-order chi connectivity index (χ0) is 22.1. The minimum absolute atomic E-state index is 0.356. The number of ether oxygens (including phenoxy) is 1. The highest BCUT2D eigenvalue weighted by Crippen LogP contribution is 1.66. The van der Waals surface area contributed by atoms with Crippen LogP contribution in [0.4, 0.5) is 4.79 Å². The van der Waals surface area contributed by atoms with Crippen LogP contribution < -0.4 is 5.73 Å². The smallest absolute Gasteiger partial charge is 0.404 e. The summed E-state index contributed by atoms with van der Waals surface area (Å²) in [5, 5.41) is 30.4. The third kappa shape index (κ3) is 145. The lowest BCUT2D eigenvalue weighted by Crippen LogP contribution is -2.11. The number of hydrogen-bond acceptors (Lipinski definition) is 6. The fraction of sp³-hybridized carbons (Fsp3) is 0.133. The maximum Gasteiger partial charge on any atom is 0.404 e. The summed E-state index contributed by atoms with van der Waals surface area (Å²) in [5.74, 6) is -3.93. The van der Waals surface area contributed by atoms with E-state index in [0.717, 1.165) is 24.3 Å². The Labute approximate surface area is 150 Å². The van der Waals surface area contributed by atoms with Crippen LogP contribution in [0.25, 0.3) is 0 Å². The molecule has 0 bridgehead atoms. The Morgan fingerprint density at radius 3 is 0.885 bits per heavy atom. The van der Waals surface area contributed by atoms with Gasteiger partial charge in [0.2, 0.25) is 0 Å². The summed E-state index contributed by atoms with van der Waals surface area (Å²) in [7, 11) is 0. The molecule has 0 saturated carbocycles. The molecule has 26 heavy (non-hydrogen) atoms. The summed E-state index contributed by atoms with van der Waals surface area (Å²) < 4.78 is 4.18. The number of amides is 1. The fourth-order valence-corrected chi connectivity index (χ4v) is 0.142. The molecule has 0 unspecified atom stereocenters. The molecule has 0 saturated heterocycles. The Balaban J connectivity index is -0.0000000708. The van der Waals surface area contributed by atoms with E-state index in [-0.39, 0.29) is 0 Å². The summed E-state index contributed by atoms with van der Waals surface area (Å²) in [6, 6.07) is 0. The molecule has 148 valence electrons. The predicted octanol–water partition coefficient (Wildman–Crippen LogP) is 1.13. The van der Waals surface area contributed by atoms with Gasteiger partial charge >= 0.3 is 30.0 Å². The van der Waals surface area contributed by atoms with Gasteiger partial charge in [-0.2, -0.15) is 0 Å². The lowest BCUT2D eigenvalue weighted by atomic mass is 10.7. The van der Waals surface area contributed by atoms with Crippen molar-refractivity contribution >= 4 is 30.0 Å². The first-order valence-electron chi connectivity index (χ1n) is 6.19. The largest absolute Gasteiger partial charge is 0.478 e. The molecule has 0 spiro atoms. The maximum absolute atomic E-state index is 9.60. The van der Waals surface area contributed by atoms with Crippen LogP contribution in [0.1, 0.15) is 6.92 Å². The maximum atomic E-state index is 9.60. The van der Waals surface area contributed by atoms with Crippen LogP contribution >= 0.6 is 0 Å². The number of nitrogens with two attached hydrogens (primary N) is 1. The molecular formula is C15H23NO10. The predicted molar refractivity (Wildman–Crippen MR) is 92.5 cm³/mol. The van der Waals surface area contributed by atoms with E-state index < -0.39 is 30.0 Å². The van der Waals surface area contributed by atoms with Crippen molar-refractivity contribution in [3.05, 3.63) is 50.6 Å². The molecule has 0 aromatic heterocycles. The summed E-state index contributed by atoms with van der Waals surface area (Å²) in [5.41, 5.74) is 4.54. The molecule has 0 radical (unpaired) electrons. The zero-order valence-electron chi connectivity index (χ0n) is 14.2. The summed E-state index contributed by atoms with van der Waals surface area (Å²) in [6.45, 7) is 13.9. The van der Waals surface area contributed by atoms with Crippen LogP contribution in [0.15, 0.2) is 50.6 Å². The van der Waals surface area contributed by atoms with E-state index in [1.54, 1.807) is 6.92 Å². The number of hydrogen-bond donors (Lipinski definition) is 5. The van der Waals surface area contributed by atoms with Crippen LogP contribution in [0.2, 0.25) is 0 Å². The average molecular weight is 377 g/mol. The van der Waals surface area contributed by atoms with Crippen molar-refractivity contribution in [1.29, 1.82) is 0 Å². The van der Waals surface area contributed by atoms with Crippen LogP contribution in [0.3, 0.4) is 0 Å². The number of carbonyl (C=O) groups excluding carboxylic acids is 1. The highest BCUT2D eigenvalue weighted by molar-refractivity contribution is 5.79. The van der Waals surface area contributed by atoms with Crippen molar-refractivity contribution in [2.75, 3.05) is 6.61 Å². The first kappa shape index (κ1) is 33.7. The van der Waals surface area contributed by atoms with Crippen molar-refractivity contribution in [2.24, 2.45) is 5.73 Å². The number of carboxylic acid groups (broad SMARTS) is 4. The monoisotopic (exact) mass is 377 g/mol. The quantitative estimate of drug-likeness (QED) is 0.432. The third-order valence-corrected chi connectivity index (χ3v) is 0.985. The summed E-state index contributed by atoms with van der Waals surface area (Å²) >= 11 is 0. The topological polar surface area (TPSA) is 202 Å². The van der Waals surface area contributed by atoms with Crippen molar-refractivity contribution < 1.29 is 49.1 Å². The first-order chi connectivity index (χ1) is 11.9. The van der Waals surface area contributed by atoms with Gasteiger partial charge in [0.15, 0.2) is 0 Å². The average Bonchev–Trinajstić information content (AvgIpc) is 2.56. The molecule has 0 fully saturated rings. The Morgan fingerprint density at radius 2 is 0.885 bits per heavy atom. The molecule has 6 N–H and O–H groups in total. The zero-order valence-corrected chi connectivity index (χ0v) is 14.2. The van der Waals surface area contributed by atoms with E-state index in [4.69, 9.17) is 20.4 Å². The van der Waals surface area contributed by atoms with E-state index in [2.05, 4.69) is 36.8 Å². The number of primary amides is 1. The molecule has 0 aromatic rings. The lowest BCUT2D eigenvalue weighted by molar-refractivity contribution is -0.132. The summed E-state index contributed by atoms with van der Waals surface area (Å²) in [6.07, 6.45) is 2.62. The van der Waals surface area contributed by atoms with E-state index >= 15 is 0 Å². The molecular weight excluding hydrogens is 354 g/mol. The van der Waals surface area contributed by atoms with E-state index in [1.807, 2.05) is 0 Å². The Morgan fingerprint density at radius 1 is 0.731 bits per heavy atom. The van der Waals surface area contributed by atoms with Gasteiger partial charge in [-0.1, -0.05) is 26.3 Å². The lowest BCUT2D eigenvalue weighted by Gasteiger charge is -1.89. The van der Waals surface area contributed by atoms with Crippen molar-refractivity contribution in [1.82, 2.24) is 0 Å². The van der Waals surface area contributed by atoms with Gasteiger partial charge in [-0.05, 0) is 6.92 Å². The van der Waals surface area contributed by atoms with Gasteiger partial charge in [0.05, 0.1) is 6.61 Å². The molecule has 0 atom stereocenters. The van der Waals surface area contributed by atoms with Crippen molar-refractivity contribution in [2.45, 2.75) is 6.92 Å². The molecule has 1 amide bonds. The van der Waals surface area contributed by atoms with Gasteiger partial charge in [0.1, 0.15) is 0 Å². The molecule has 0 heterocycles. The molecule has 0 rings (SSSR count). The molecule has 11 heteroatoms. The normalized spacial score (nSPS) is 6.65. The second kappa shape index (κ2) is 29.2. The SMILES string of the molecule is C=CC(=O)O.C=CC(=O)O.C=CC(=O)O.C=CC(=O)O.CCOC(N)=O. The van der Waals surface area contributed by atoms with Gasteiger partial charge in [-0.15, -0.1) is 0 Å².